The fourth-order valence-corrected chi connectivity index (χ4v) is 4.77. The molecule has 1 aliphatic heterocycles. The molecule has 0 spiro atoms. The average Bonchev–Trinajstić information content (AvgIpc) is 2.84. The Morgan fingerprint density at radius 3 is 2.49 bits per heavy atom. The molecule has 0 fully saturated rings. The highest BCUT2D eigenvalue weighted by Crippen LogP contribution is 2.50. The number of ketones is 1. The molecule has 0 saturated heterocycles. The third kappa shape index (κ3) is 4.33. The van der Waals surface area contributed by atoms with Gasteiger partial charge in [-0.1, -0.05) is 32.0 Å². The number of amides is 1. The fourth-order valence-electron chi connectivity index (χ4n) is 4.77. The fraction of sp³-hybridized carbons (Fsp3) is 0.296. The second-order valence-electron chi connectivity index (χ2n) is 9.40. The Bertz CT molecular complexity index is 1290. The molecule has 2 aromatic carbocycles. The summed E-state index contributed by atoms with van der Waals surface area (Å²) < 4.78 is 11.0. The molecule has 0 bridgehead atoms. The van der Waals surface area contributed by atoms with Crippen molar-refractivity contribution < 1.29 is 19.1 Å². The van der Waals surface area contributed by atoms with Crippen LogP contribution in [0.2, 0.25) is 0 Å². The van der Waals surface area contributed by atoms with Gasteiger partial charge in [-0.25, -0.2) is 5.01 Å². The number of nitrogens with two attached hydrogens (primary N) is 1. The van der Waals surface area contributed by atoms with E-state index < -0.39 is 11.8 Å². The van der Waals surface area contributed by atoms with Crippen LogP contribution in [0.25, 0.3) is 0 Å². The molecule has 35 heavy (non-hydrogen) atoms. The van der Waals surface area contributed by atoms with Gasteiger partial charge in [-0.15, -0.1) is 0 Å². The van der Waals surface area contributed by atoms with E-state index in [4.69, 9.17) is 15.2 Å². The minimum absolute atomic E-state index is 0.0657. The lowest BCUT2D eigenvalue weighted by Gasteiger charge is -2.43. The van der Waals surface area contributed by atoms with Gasteiger partial charge in [-0.2, -0.15) is 5.26 Å². The van der Waals surface area contributed by atoms with E-state index >= 15 is 0 Å². The molecule has 0 aromatic heterocycles. The zero-order chi connectivity index (χ0) is 25.3. The van der Waals surface area contributed by atoms with Crippen molar-refractivity contribution >= 4 is 11.7 Å². The maximum atomic E-state index is 13.6. The van der Waals surface area contributed by atoms with Crippen LogP contribution in [0.3, 0.4) is 0 Å². The quantitative estimate of drug-likeness (QED) is 0.680. The number of hydrogen-bond donors (Lipinski definition) is 2. The molecule has 1 heterocycles. The van der Waals surface area contributed by atoms with Crippen LogP contribution in [0.5, 0.6) is 11.5 Å². The van der Waals surface area contributed by atoms with Crippen LogP contribution >= 0.6 is 0 Å². The summed E-state index contributed by atoms with van der Waals surface area (Å²) in [6.45, 7) is 3.99. The van der Waals surface area contributed by atoms with E-state index in [0.717, 1.165) is 0 Å². The molecule has 4 rings (SSSR count). The van der Waals surface area contributed by atoms with Crippen molar-refractivity contribution in [3.8, 4) is 17.6 Å². The molecular weight excluding hydrogens is 444 g/mol. The number of nitriles is 1. The first-order valence-electron chi connectivity index (χ1n) is 11.2. The lowest BCUT2D eigenvalue weighted by molar-refractivity contribution is -0.118. The molecule has 1 atom stereocenters. The Balaban J connectivity index is 1.92. The number of benzene rings is 2. The van der Waals surface area contributed by atoms with Crippen molar-refractivity contribution in [3.63, 3.8) is 0 Å². The van der Waals surface area contributed by atoms with Gasteiger partial charge in [0.15, 0.2) is 5.78 Å². The molecule has 0 radical (unpaired) electrons. The lowest BCUT2D eigenvalue weighted by atomic mass is 9.69. The minimum atomic E-state index is -0.756. The summed E-state index contributed by atoms with van der Waals surface area (Å²) in [5.74, 6) is -0.134. The highest BCUT2D eigenvalue weighted by molar-refractivity contribution is 6.01. The van der Waals surface area contributed by atoms with E-state index in [1.807, 2.05) is 19.9 Å². The predicted octanol–water partition coefficient (Wildman–Crippen LogP) is 3.79. The van der Waals surface area contributed by atoms with Crippen LogP contribution < -0.4 is 20.6 Å². The van der Waals surface area contributed by atoms with Gasteiger partial charge in [-0.3, -0.25) is 15.0 Å². The van der Waals surface area contributed by atoms with E-state index in [9.17, 15) is 14.9 Å². The molecule has 0 saturated carbocycles. The highest BCUT2D eigenvalue weighted by atomic mass is 16.5. The summed E-state index contributed by atoms with van der Waals surface area (Å²) in [5.41, 5.74) is 11.2. The third-order valence-corrected chi connectivity index (χ3v) is 6.38. The van der Waals surface area contributed by atoms with Crippen LogP contribution in [0, 0.1) is 16.7 Å². The van der Waals surface area contributed by atoms with Crippen molar-refractivity contribution in [1.29, 1.82) is 5.26 Å². The van der Waals surface area contributed by atoms with Crippen molar-refractivity contribution in [2.45, 2.75) is 32.6 Å². The number of nitrogens with zero attached hydrogens (tertiary/aromatic N) is 2. The molecule has 180 valence electrons. The van der Waals surface area contributed by atoms with Gasteiger partial charge in [0.25, 0.3) is 5.91 Å². The standard InChI is InChI=1S/C27H28N4O4/c1-27(2)13-20-24(21(32)14-27)23(18-12-17(34-3)10-11-22(18)35-4)19(15-28)25(29)31(20)30-26(33)16-8-6-5-7-9-16/h5-12,23H,13-14,29H2,1-4H3,(H,30,33). The SMILES string of the molecule is COc1ccc(OC)c(C2C(C#N)=C(N)N(NC(=O)c3ccccc3)C3=C2C(=O)CC(C)(C)C3)c1. The minimum Gasteiger partial charge on any atom is -0.497 e. The maximum absolute atomic E-state index is 13.6. The number of hydrazine groups is 1. The number of methoxy groups -OCH3 is 2. The zero-order valence-corrected chi connectivity index (χ0v) is 20.2. The molecule has 3 N–H and O–H groups in total. The van der Waals surface area contributed by atoms with Crippen molar-refractivity contribution in [1.82, 2.24) is 10.4 Å². The van der Waals surface area contributed by atoms with E-state index in [0.29, 0.717) is 46.7 Å². The summed E-state index contributed by atoms with van der Waals surface area (Å²) >= 11 is 0. The second kappa shape index (κ2) is 9.18. The monoisotopic (exact) mass is 472 g/mol. The normalized spacial score (nSPS) is 19.1. The number of carbonyl (C=O) groups excluding carboxylic acids is 2. The van der Waals surface area contributed by atoms with Crippen LogP contribution in [0.1, 0.15) is 48.5 Å². The number of allylic oxidation sites excluding steroid dienone is 3. The average molecular weight is 473 g/mol. The number of rotatable bonds is 5. The Morgan fingerprint density at radius 1 is 1.14 bits per heavy atom. The molecule has 2 aromatic rings. The van der Waals surface area contributed by atoms with Crippen molar-refractivity contribution in [2.75, 3.05) is 14.2 Å². The predicted molar refractivity (Wildman–Crippen MR) is 130 cm³/mol. The smallest absolute Gasteiger partial charge is 0.270 e. The molecule has 8 heteroatoms. The summed E-state index contributed by atoms with van der Waals surface area (Å²) in [6.07, 6.45) is 0.777. The van der Waals surface area contributed by atoms with E-state index in [1.54, 1.807) is 49.6 Å². The topological polar surface area (TPSA) is 118 Å². The first-order valence-corrected chi connectivity index (χ1v) is 11.2. The Morgan fingerprint density at radius 2 is 1.86 bits per heavy atom. The molecule has 1 aliphatic carbocycles. The molecule has 2 aliphatic rings. The number of hydrogen-bond acceptors (Lipinski definition) is 7. The number of carbonyl (C=O) groups is 2. The maximum Gasteiger partial charge on any atom is 0.270 e. The summed E-state index contributed by atoms with van der Waals surface area (Å²) in [5, 5.41) is 11.6. The highest BCUT2D eigenvalue weighted by Gasteiger charge is 2.45. The van der Waals surface area contributed by atoms with Gasteiger partial charge >= 0.3 is 0 Å². The Hall–Kier alpha value is -4.25. The van der Waals surface area contributed by atoms with Crippen LogP contribution in [-0.2, 0) is 4.79 Å². The largest absolute Gasteiger partial charge is 0.497 e. The number of Topliss-reactive ketones (excluding diaryl/α,β-unsaturated/α-hetero) is 1. The van der Waals surface area contributed by atoms with Crippen molar-refractivity contribution in [2.24, 2.45) is 11.1 Å². The first-order chi connectivity index (χ1) is 16.7. The van der Waals surface area contributed by atoms with Crippen LogP contribution in [-0.4, -0.2) is 30.9 Å². The van der Waals surface area contributed by atoms with Gasteiger partial charge in [0.2, 0.25) is 0 Å². The number of ether oxygens (including phenoxy) is 2. The van der Waals surface area contributed by atoms with Crippen LogP contribution in [0.4, 0.5) is 0 Å². The van der Waals surface area contributed by atoms with Gasteiger partial charge < -0.3 is 15.2 Å². The van der Waals surface area contributed by atoms with E-state index in [-0.39, 0.29) is 22.6 Å². The van der Waals surface area contributed by atoms with Gasteiger partial charge in [0.1, 0.15) is 17.3 Å². The molecule has 1 amide bonds. The lowest BCUT2D eigenvalue weighted by Crippen LogP contribution is -2.49. The first kappa shape index (κ1) is 23.9. The molecule has 1 unspecified atom stereocenters. The van der Waals surface area contributed by atoms with Gasteiger partial charge in [-0.05, 0) is 42.2 Å². The van der Waals surface area contributed by atoms with Gasteiger partial charge in [0.05, 0.1) is 37.5 Å². The molecular formula is C27H28N4O4. The van der Waals surface area contributed by atoms with E-state index in [1.165, 1.54) is 12.1 Å². The summed E-state index contributed by atoms with van der Waals surface area (Å²) in [6, 6.07) is 16.1. The zero-order valence-electron chi connectivity index (χ0n) is 20.2. The van der Waals surface area contributed by atoms with Gasteiger partial charge in [0, 0.05) is 23.1 Å². The second-order valence-corrected chi connectivity index (χ2v) is 9.40. The van der Waals surface area contributed by atoms with E-state index in [2.05, 4.69) is 11.5 Å². The number of nitrogens with one attached hydrogen (secondary N) is 1. The molecule has 8 nitrogen and oxygen atoms in total. The summed E-state index contributed by atoms with van der Waals surface area (Å²) in [7, 11) is 3.07. The van der Waals surface area contributed by atoms with Crippen LogP contribution in [0.15, 0.2) is 71.2 Å². The Kier molecular flexibility index (Phi) is 6.27. The third-order valence-electron chi connectivity index (χ3n) is 6.38. The Labute approximate surface area is 204 Å². The van der Waals surface area contributed by atoms with Crippen molar-refractivity contribution in [3.05, 3.63) is 82.3 Å². The summed E-state index contributed by atoms with van der Waals surface area (Å²) in [4.78, 5) is 26.7.